The summed E-state index contributed by atoms with van der Waals surface area (Å²) in [6, 6.07) is 5.49. The van der Waals surface area contributed by atoms with Crippen LogP contribution in [0.4, 0.5) is 0 Å². The highest BCUT2D eigenvalue weighted by molar-refractivity contribution is 6.31. The number of halogens is 1. The van der Waals surface area contributed by atoms with Crippen LogP contribution in [0.1, 0.15) is 5.56 Å². The van der Waals surface area contributed by atoms with Crippen LogP contribution >= 0.6 is 11.6 Å². The van der Waals surface area contributed by atoms with Gasteiger partial charge in [-0.25, -0.2) is 0 Å². The lowest BCUT2D eigenvalue weighted by Crippen LogP contribution is -1.90. The van der Waals surface area contributed by atoms with Gasteiger partial charge in [-0.05, 0) is 23.8 Å². The maximum Gasteiger partial charge on any atom is 0.119 e. The highest BCUT2D eigenvalue weighted by atomic mass is 35.5. The van der Waals surface area contributed by atoms with Crippen LogP contribution in [0.15, 0.2) is 18.2 Å². The smallest absolute Gasteiger partial charge is 0.119 e. The quantitative estimate of drug-likeness (QED) is 0.722. The summed E-state index contributed by atoms with van der Waals surface area (Å²) in [5.41, 5.74) is 0.943. The van der Waals surface area contributed by atoms with Gasteiger partial charge in [-0.15, -0.1) is 0 Å². The van der Waals surface area contributed by atoms with E-state index in [0.29, 0.717) is 11.6 Å². The van der Waals surface area contributed by atoms with E-state index in [1.807, 2.05) is 12.1 Å². The van der Waals surface area contributed by atoms with Crippen LogP contribution in [0.3, 0.4) is 0 Å². The first-order chi connectivity index (χ1) is 5.77. The number of ether oxygens (including phenoxy) is 2. The summed E-state index contributed by atoms with van der Waals surface area (Å²) in [6.45, 7) is 0.510. The molecular formula is C9H11ClO2. The van der Waals surface area contributed by atoms with Crippen LogP contribution in [0.5, 0.6) is 5.75 Å². The Labute approximate surface area is 77.1 Å². The first-order valence-electron chi connectivity index (χ1n) is 3.59. The Morgan fingerprint density at radius 3 is 2.67 bits per heavy atom. The van der Waals surface area contributed by atoms with Gasteiger partial charge in [0, 0.05) is 12.1 Å². The first-order valence-corrected chi connectivity index (χ1v) is 3.97. The molecule has 1 aromatic rings. The van der Waals surface area contributed by atoms with Gasteiger partial charge < -0.3 is 9.47 Å². The Kier molecular flexibility index (Phi) is 3.38. The van der Waals surface area contributed by atoms with Crippen molar-refractivity contribution in [2.45, 2.75) is 6.61 Å². The molecule has 0 amide bonds. The summed E-state index contributed by atoms with van der Waals surface area (Å²) < 4.78 is 10.0. The average Bonchev–Trinajstić information content (AvgIpc) is 2.09. The molecule has 0 N–H and O–H groups in total. The summed E-state index contributed by atoms with van der Waals surface area (Å²) >= 11 is 5.90. The van der Waals surface area contributed by atoms with E-state index in [1.165, 1.54) is 0 Å². The van der Waals surface area contributed by atoms with E-state index in [2.05, 4.69) is 0 Å². The fraction of sp³-hybridized carbons (Fsp3) is 0.333. The van der Waals surface area contributed by atoms with Crippen LogP contribution in [0.2, 0.25) is 5.02 Å². The summed E-state index contributed by atoms with van der Waals surface area (Å²) in [5.74, 6) is 0.798. The van der Waals surface area contributed by atoms with Gasteiger partial charge in [0.15, 0.2) is 0 Å². The highest BCUT2D eigenvalue weighted by Crippen LogP contribution is 2.22. The molecule has 0 bridgehead atoms. The second kappa shape index (κ2) is 4.33. The molecule has 0 fully saturated rings. The molecule has 66 valence electrons. The molecule has 0 saturated heterocycles. The van der Waals surface area contributed by atoms with Gasteiger partial charge in [0.1, 0.15) is 5.75 Å². The molecule has 0 aromatic heterocycles. The van der Waals surface area contributed by atoms with Crippen molar-refractivity contribution in [2.24, 2.45) is 0 Å². The number of hydrogen-bond donors (Lipinski definition) is 0. The average molecular weight is 187 g/mol. The summed E-state index contributed by atoms with van der Waals surface area (Å²) in [5, 5.41) is 0.706. The predicted octanol–water partition coefficient (Wildman–Crippen LogP) is 2.50. The molecule has 1 rings (SSSR count). The van der Waals surface area contributed by atoms with E-state index >= 15 is 0 Å². The summed E-state index contributed by atoms with van der Waals surface area (Å²) in [7, 11) is 3.26. The van der Waals surface area contributed by atoms with Crippen LogP contribution in [-0.2, 0) is 11.3 Å². The number of methoxy groups -OCH3 is 2. The lowest BCUT2D eigenvalue weighted by Gasteiger charge is -2.05. The van der Waals surface area contributed by atoms with Crippen molar-refractivity contribution in [3.05, 3.63) is 28.8 Å². The normalized spacial score (nSPS) is 9.92. The topological polar surface area (TPSA) is 18.5 Å². The molecule has 0 unspecified atom stereocenters. The van der Waals surface area contributed by atoms with Gasteiger partial charge in [-0.1, -0.05) is 11.6 Å². The molecule has 0 saturated carbocycles. The van der Waals surface area contributed by atoms with Crippen molar-refractivity contribution in [3.8, 4) is 5.75 Å². The Morgan fingerprint density at radius 2 is 2.08 bits per heavy atom. The lowest BCUT2D eigenvalue weighted by molar-refractivity contribution is 0.184. The Hall–Kier alpha value is -0.730. The minimum absolute atomic E-state index is 0.510. The largest absolute Gasteiger partial charge is 0.497 e. The fourth-order valence-electron chi connectivity index (χ4n) is 0.944. The van der Waals surface area contributed by atoms with Crippen molar-refractivity contribution in [1.29, 1.82) is 0 Å². The predicted molar refractivity (Wildman–Crippen MR) is 48.7 cm³/mol. The van der Waals surface area contributed by atoms with Gasteiger partial charge in [0.05, 0.1) is 13.7 Å². The number of benzene rings is 1. The van der Waals surface area contributed by atoms with E-state index < -0.39 is 0 Å². The second-order valence-corrected chi connectivity index (χ2v) is 2.80. The molecule has 0 aliphatic rings. The molecule has 1 aromatic carbocycles. The van der Waals surface area contributed by atoms with Crippen LogP contribution in [0.25, 0.3) is 0 Å². The van der Waals surface area contributed by atoms with Crippen LogP contribution in [0, 0.1) is 0 Å². The van der Waals surface area contributed by atoms with Crippen molar-refractivity contribution >= 4 is 11.6 Å². The standard InChI is InChI=1S/C9H11ClO2/c1-11-6-7-5-8(12-2)3-4-9(7)10/h3-5H,6H2,1-2H3. The Morgan fingerprint density at radius 1 is 1.33 bits per heavy atom. The third kappa shape index (κ3) is 2.13. The zero-order chi connectivity index (χ0) is 8.97. The molecular weight excluding hydrogens is 176 g/mol. The van der Waals surface area contributed by atoms with Gasteiger partial charge >= 0.3 is 0 Å². The Balaban J connectivity index is 2.91. The second-order valence-electron chi connectivity index (χ2n) is 2.39. The van der Waals surface area contributed by atoms with Crippen molar-refractivity contribution in [2.75, 3.05) is 14.2 Å². The first kappa shape index (κ1) is 9.36. The molecule has 0 heterocycles. The lowest BCUT2D eigenvalue weighted by atomic mass is 10.2. The van der Waals surface area contributed by atoms with Crippen molar-refractivity contribution in [1.82, 2.24) is 0 Å². The monoisotopic (exact) mass is 186 g/mol. The summed E-state index contributed by atoms with van der Waals surface area (Å²) in [6.07, 6.45) is 0. The molecule has 12 heavy (non-hydrogen) atoms. The van der Waals surface area contributed by atoms with Gasteiger partial charge in [-0.2, -0.15) is 0 Å². The van der Waals surface area contributed by atoms with Crippen molar-refractivity contribution < 1.29 is 9.47 Å². The van der Waals surface area contributed by atoms with Crippen molar-refractivity contribution in [3.63, 3.8) is 0 Å². The van der Waals surface area contributed by atoms with E-state index in [-0.39, 0.29) is 0 Å². The minimum atomic E-state index is 0.510. The molecule has 0 atom stereocenters. The fourth-order valence-corrected chi connectivity index (χ4v) is 1.12. The number of hydrogen-bond acceptors (Lipinski definition) is 2. The van der Waals surface area contributed by atoms with Gasteiger partial charge in [0.25, 0.3) is 0 Å². The molecule has 0 spiro atoms. The molecule has 2 nitrogen and oxygen atoms in total. The third-order valence-electron chi connectivity index (χ3n) is 1.55. The van der Waals surface area contributed by atoms with E-state index in [4.69, 9.17) is 21.1 Å². The molecule has 3 heteroatoms. The zero-order valence-corrected chi connectivity index (χ0v) is 7.89. The van der Waals surface area contributed by atoms with Gasteiger partial charge in [0.2, 0.25) is 0 Å². The Bertz CT molecular complexity index is 261. The number of rotatable bonds is 3. The zero-order valence-electron chi connectivity index (χ0n) is 7.13. The molecule has 0 radical (unpaired) electrons. The SMILES string of the molecule is COCc1cc(OC)ccc1Cl. The molecule has 0 aliphatic heterocycles. The highest BCUT2D eigenvalue weighted by Gasteiger charge is 2.00. The molecule has 0 aliphatic carbocycles. The van der Waals surface area contributed by atoms with E-state index in [9.17, 15) is 0 Å². The van der Waals surface area contributed by atoms with E-state index in [0.717, 1.165) is 11.3 Å². The van der Waals surface area contributed by atoms with Gasteiger partial charge in [-0.3, -0.25) is 0 Å². The third-order valence-corrected chi connectivity index (χ3v) is 1.92. The summed E-state index contributed by atoms with van der Waals surface area (Å²) in [4.78, 5) is 0. The minimum Gasteiger partial charge on any atom is -0.497 e. The van der Waals surface area contributed by atoms with Crippen LogP contribution in [-0.4, -0.2) is 14.2 Å². The van der Waals surface area contributed by atoms with E-state index in [1.54, 1.807) is 20.3 Å². The maximum absolute atomic E-state index is 5.90. The van der Waals surface area contributed by atoms with Crippen LogP contribution < -0.4 is 4.74 Å². The maximum atomic E-state index is 5.90.